The van der Waals surface area contributed by atoms with Crippen molar-refractivity contribution in [1.29, 1.82) is 0 Å². The standard InChI is InChI=1S/C22H31N5O4/c1-14(2)11-27-22(30)18-8-6-5-7-17(18)20(25-27)21(29)24-23-19(28)9-10-26-12-15(3)31-16(4)13-26/h5-8,14-16H,9-13H2,1-4H3,(H,23,28)(H,24,29)/p+1/t15-,16-/m0/s1. The molecule has 9 nitrogen and oxygen atoms in total. The predicted octanol–water partition coefficient (Wildman–Crippen LogP) is -0.104. The Balaban J connectivity index is 1.65. The summed E-state index contributed by atoms with van der Waals surface area (Å²) in [7, 11) is 0. The minimum Gasteiger partial charge on any atom is -0.364 e. The molecule has 3 N–H and O–H groups in total. The summed E-state index contributed by atoms with van der Waals surface area (Å²) in [6.45, 7) is 10.8. The molecule has 0 bridgehead atoms. The number of hydrazine groups is 1. The molecule has 1 fully saturated rings. The Morgan fingerprint density at radius 1 is 1.16 bits per heavy atom. The maximum atomic E-state index is 12.8. The lowest BCUT2D eigenvalue weighted by Gasteiger charge is -2.32. The molecule has 0 unspecified atom stereocenters. The van der Waals surface area contributed by atoms with Crippen LogP contribution >= 0.6 is 0 Å². The van der Waals surface area contributed by atoms with Crippen LogP contribution in [0.4, 0.5) is 0 Å². The van der Waals surface area contributed by atoms with Crippen molar-refractivity contribution in [2.24, 2.45) is 5.92 Å². The lowest BCUT2D eigenvalue weighted by atomic mass is 10.1. The van der Waals surface area contributed by atoms with E-state index in [1.165, 1.54) is 9.58 Å². The number of hydrogen-bond donors (Lipinski definition) is 3. The lowest BCUT2D eigenvalue weighted by Crippen LogP contribution is -3.15. The number of hydrogen-bond acceptors (Lipinski definition) is 5. The van der Waals surface area contributed by atoms with Crippen LogP contribution in [0.15, 0.2) is 29.1 Å². The average Bonchev–Trinajstić information content (AvgIpc) is 2.71. The number of fused-ring (bicyclic) bond motifs is 1. The van der Waals surface area contributed by atoms with Crippen molar-refractivity contribution in [2.45, 2.75) is 52.9 Å². The van der Waals surface area contributed by atoms with Gasteiger partial charge >= 0.3 is 0 Å². The number of nitrogens with zero attached hydrogens (tertiary/aromatic N) is 2. The van der Waals surface area contributed by atoms with Crippen molar-refractivity contribution in [2.75, 3.05) is 19.6 Å². The van der Waals surface area contributed by atoms with Crippen molar-refractivity contribution in [3.63, 3.8) is 0 Å². The topological polar surface area (TPSA) is 107 Å². The highest BCUT2D eigenvalue weighted by Crippen LogP contribution is 2.13. The molecule has 0 aliphatic carbocycles. The third-order valence-electron chi connectivity index (χ3n) is 5.26. The highest BCUT2D eigenvalue weighted by molar-refractivity contribution is 6.05. The number of amides is 2. The first-order valence-corrected chi connectivity index (χ1v) is 10.8. The molecule has 2 heterocycles. The second kappa shape index (κ2) is 10.0. The molecule has 2 aromatic rings. The van der Waals surface area contributed by atoms with E-state index in [1.807, 2.05) is 27.7 Å². The first-order chi connectivity index (χ1) is 14.7. The fourth-order valence-electron chi connectivity index (χ4n) is 4.00. The highest BCUT2D eigenvalue weighted by Gasteiger charge is 2.26. The molecule has 1 saturated heterocycles. The summed E-state index contributed by atoms with van der Waals surface area (Å²) >= 11 is 0. The van der Waals surface area contributed by atoms with Crippen LogP contribution in [0.25, 0.3) is 10.8 Å². The number of carbonyl (C=O) groups excluding carboxylic acids is 2. The van der Waals surface area contributed by atoms with E-state index >= 15 is 0 Å². The lowest BCUT2D eigenvalue weighted by molar-refractivity contribution is -0.914. The fourth-order valence-corrected chi connectivity index (χ4v) is 4.00. The minimum absolute atomic E-state index is 0.109. The van der Waals surface area contributed by atoms with Crippen LogP contribution in [-0.4, -0.2) is 53.4 Å². The average molecular weight is 431 g/mol. The first-order valence-electron chi connectivity index (χ1n) is 10.8. The third kappa shape index (κ3) is 5.89. The minimum atomic E-state index is -0.553. The number of carbonyl (C=O) groups is 2. The maximum Gasteiger partial charge on any atom is 0.290 e. The molecular formula is C22H32N5O4+. The molecule has 0 radical (unpaired) electrons. The molecule has 1 aliphatic rings. The van der Waals surface area contributed by atoms with E-state index in [9.17, 15) is 14.4 Å². The Morgan fingerprint density at radius 2 is 1.81 bits per heavy atom. The van der Waals surface area contributed by atoms with Crippen LogP contribution in [0.1, 0.15) is 44.6 Å². The molecule has 168 valence electrons. The molecule has 3 rings (SSSR count). The van der Waals surface area contributed by atoms with Gasteiger partial charge in [0.2, 0.25) is 5.91 Å². The van der Waals surface area contributed by atoms with Crippen LogP contribution in [0, 0.1) is 5.92 Å². The number of nitrogens with one attached hydrogen (secondary N) is 3. The molecule has 1 aliphatic heterocycles. The monoisotopic (exact) mass is 430 g/mol. The summed E-state index contributed by atoms with van der Waals surface area (Å²) in [6.07, 6.45) is 0.626. The molecule has 1 aromatic heterocycles. The normalized spacial score (nSPS) is 21.3. The van der Waals surface area contributed by atoms with E-state index in [-0.39, 0.29) is 41.7 Å². The second-order valence-electron chi connectivity index (χ2n) is 8.69. The van der Waals surface area contributed by atoms with E-state index in [2.05, 4.69) is 16.0 Å². The number of ether oxygens (including phenoxy) is 1. The number of quaternary nitrogens is 1. The van der Waals surface area contributed by atoms with Crippen LogP contribution in [0.5, 0.6) is 0 Å². The van der Waals surface area contributed by atoms with Crippen molar-refractivity contribution >= 4 is 22.6 Å². The van der Waals surface area contributed by atoms with E-state index in [0.717, 1.165) is 13.1 Å². The van der Waals surface area contributed by atoms with Crippen molar-refractivity contribution in [3.8, 4) is 0 Å². The molecule has 2 atom stereocenters. The van der Waals surface area contributed by atoms with Crippen molar-refractivity contribution < 1.29 is 19.2 Å². The van der Waals surface area contributed by atoms with Crippen LogP contribution in [-0.2, 0) is 16.1 Å². The Hall–Kier alpha value is -2.78. The first kappa shape index (κ1) is 22.9. The molecule has 2 amide bonds. The third-order valence-corrected chi connectivity index (χ3v) is 5.26. The van der Waals surface area contributed by atoms with Gasteiger partial charge in [-0.1, -0.05) is 32.0 Å². The molecule has 1 aromatic carbocycles. The SMILES string of the molecule is CC(C)Cn1nc(C(=O)NNC(=O)CC[NH+]2C[C@H](C)O[C@@H](C)C2)c2ccccc2c1=O. The van der Waals surface area contributed by atoms with E-state index < -0.39 is 5.91 Å². The van der Waals surface area contributed by atoms with Gasteiger partial charge in [-0.15, -0.1) is 0 Å². The summed E-state index contributed by atoms with van der Waals surface area (Å²) < 4.78 is 7.03. The fraction of sp³-hybridized carbons (Fsp3) is 0.545. The molecule has 0 saturated carbocycles. The van der Waals surface area contributed by atoms with Gasteiger partial charge in [-0.25, -0.2) is 4.68 Å². The van der Waals surface area contributed by atoms with Crippen LogP contribution in [0.2, 0.25) is 0 Å². The number of rotatable bonds is 6. The van der Waals surface area contributed by atoms with Gasteiger partial charge in [-0.3, -0.25) is 25.2 Å². The number of benzene rings is 1. The largest absolute Gasteiger partial charge is 0.364 e. The Kier molecular flexibility index (Phi) is 7.40. The quantitative estimate of drug-likeness (QED) is 0.555. The smallest absolute Gasteiger partial charge is 0.290 e. The van der Waals surface area contributed by atoms with E-state index in [4.69, 9.17) is 4.74 Å². The highest BCUT2D eigenvalue weighted by atomic mass is 16.5. The van der Waals surface area contributed by atoms with Gasteiger partial charge < -0.3 is 9.64 Å². The van der Waals surface area contributed by atoms with Crippen LogP contribution in [0.3, 0.4) is 0 Å². The zero-order valence-electron chi connectivity index (χ0n) is 18.6. The van der Waals surface area contributed by atoms with Gasteiger partial charge in [0, 0.05) is 11.9 Å². The van der Waals surface area contributed by atoms with E-state index in [0.29, 0.717) is 23.9 Å². The van der Waals surface area contributed by atoms with Gasteiger partial charge in [-0.05, 0) is 25.8 Å². The van der Waals surface area contributed by atoms with Crippen molar-refractivity contribution in [3.05, 3.63) is 40.3 Å². The van der Waals surface area contributed by atoms with Gasteiger partial charge in [-0.2, -0.15) is 5.10 Å². The summed E-state index contributed by atoms with van der Waals surface area (Å²) in [6, 6.07) is 6.87. The Labute approximate surface area is 181 Å². The number of morpholine rings is 1. The Bertz CT molecular complexity index is 993. The number of aromatic nitrogens is 2. The zero-order chi connectivity index (χ0) is 22.5. The van der Waals surface area contributed by atoms with Gasteiger partial charge in [0.25, 0.3) is 11.5 Å². The van der Waals surface area contributed by atoms with Crippen LogP contribution < -0.4 is 21.3 Å². The second-order valence-corrected chi connectivity index (χ2v) is 8.69. The van der Waals surface area contributed by atoms with Gasteiger partial charge in [0.05, 0.1) is 18.4 Å². The molecule has 0 spiro atoms. The van der Waals surface area contributed by atoms with Crippen molar-refractivity contribution in [1.82, 2.24) is 20.6 Å². The zero-order valence-corrected chi connectivity index (χ0v) is 18.6. The van der Waals surface area contributed by atoms with Gasteiger partial charge in [0.15, 0.2) is 5.69 Å². The summed E-state index contributed by atoms with van der Waals surface area (Å²) in [4.78, 5) is 39.0. The predicted molar refractivity (Wildman–Crippen MR) is 117 cm³/mol. The van der Waals surface area contributed by atoms with Gasteiger partial charge in [0.1, 0.15) is 25.3 Å². The molecule has 9 heteroatoms. The summed E-state index contributed by atoms with van der Waals surface area (Å²) in [5, 5.41) is 5.16. The summed E-state index contributed by atoms with van der Waals surface area (Å²) in [5.74, 6) is -0.634. The van der Waals surface area contributed by atoms with E-state index in [1.54, 1.807) is 24.3 Å². The summed E-state index contributed by atoms with van der Waals surface area (Å²) in [5.41, 5.74) is 4.79. The Morgan fingerprint density at radius 3 is 2.45 bits per heavy atom. The molecule has 31 heavy (non-hydrogen) atoms. The molecular weight excluding hydrogens is 398 g/mol. The maximum absolute atomic E-state index is 12.8.